The molecule has 2 aliphatic heterocycles. The molecule has 0 bridgehead atoms. The zero-order valence-corrected chi connectivity index (χ0v) is 22.3. The van der Waals surface area contributed by atoms with Crippen LogP contribution in [0.4, 0.5) is 5.95 Å². The molecule has 5 heterocycles. The van der Waals surface area contributed by atoms with Crippen molar-refractivity contribution in [2.24, 2.45) is 0 Å². The van der Waals surface area contributed by atoms with Crippen LogP contribution in [0, 0.1) is 0 Å². The smallest absolute Gasteiger partial charge is 0.258 e. The minimum Gasteiger partial charge on any atom is -0.351 e. The maximum absolute atomic E-state index is 13.7. The fraction of sp³-hybridized carbons (Fsp3) is 0.481. The number of hydrogen-bond donors (Lipinski definition) is 1. The molecule has 3 aromatic heterocycles. The molecule has 0 unspecified atom stereocenters. The van der Waals surface area contributed by atoms with Crippen molar-refractivity contribution in [3.8, 4) is 0 Å². The highest BCUT2D eigenvalue weighted by atomic mass is 32.1. The van der Waals surface area contributed by atoms with Gasteiger partial charge in [-0.2, -0.15) is 4.98 Å². The lowest BCUT2D eigenvalue weighted by atomic mass is 10.2. The van der Waals surface area contributed by atoms with Crippen molar-refractivity contribution in [2.75, 3.05) is 57.3 Å². The van der Waals surface area contributed by atoms with E-state index in [-0.39, 0.29) is 16.9 Å². The zero-order chi connectivity index (χ0) is 25.5. The van der Waals surface area contributed by atoms with Crippen molar-refractivity contribution in [3.05, 3.63) is 46.2 Å². The minimum absolute atomic E-state index is 0.178. The number of para-hydroxylation sites is 1. The summed E-state index contributed by atoms with van der Waals surface area (Å²) in [5.74, 6) is 0.297. The quantitative estimate of drug-likeness (QED) is 0.419. The Morgan fingerprint density at radius 2 is 1.84 bits per heavy atom. The number of fused-ring (bicyclic) bond motifs is 5. The molecule has 0 saturated carbocycles. The van der Waals surface area contributed by atoms with Crippen LogP contribution in [0.5, 0.6) is 0 Å². The molecule has 2 aliphatic rings. The number of nitrogens with zero attached hydrogens (tertiary/aromatic N) is 6. The van der Waals surface area contributed by atoms with E-state index in [1.165, 1.54) is 24.2 Å². The van der Waals surface area contributed by atoms with Gasteiger partial charge in [0.1, 0.15) is 10.4 Å². The molecule has 6 rings (SSSR count). The molecule has 2 saturated heterocycles. The first kappa shape index (κ1) is 24.3. The highest BCUT2D eigenvalue weighted by Gasteiger charge is 2.25. The molecule has 0 spiro atoms. The third-order valence-electron chi connectivity index (χ3n) is 7.64. The maximum atomic E-state index is 13.7. The van der Waals surface area contributed by atoms with Gasteiger partial charge in [0.15, 0.2) is 5.65 Å². The van der Waals surface area contributed by atoms with Gasteiger partial charge in [-0.05, 0) is 51.9 Å². The summed E-state index contributed by atoms with van der Waals surface area (Å²) in [4.78, 5) is 44.2. The van der Waals surface area contributed by atoms with Gasteiger partial charge in [0, 0.05) is 51.5 Å². The third-order valence-corrected chi connectivity index (χ3v) is 8.78. The van der Waals surface area contributed by atoms with Crippen LogP contribution in [0.15, 0.2) is 35.3 Å². The number of nitrogens with one attached hydrogen (secondary N) is 1. The monoisotopic (exact) mass is 519 g/mol. The fourth-order valence-electron chi connectivity index (χ4n) is 5.50. The number of rotatable bonds is 6. The van der Waals surface area contributed by atoms with Gasteiger partial charge < -0.3 is 15.1 Å². The number of aromatic nitrogens is 3. The topological polar surface area (TPSA) is 86.1 Å². The lowest BCUT2D eigenvalue weighted by Gasteiger charge is -2.36. The van der Waals surface area contributed by atoms with Gasteiger partial charge in [-0.25, -0.2) is 4.98 Å². The molecule has 9 nitrogen and oxygen atoms in total. The Bertz CT molecular complexity index is 1510. The van der Waals surface area contributed by atoms with Gasteiger partial charge in [-0.3, -0.25) is 18.9 Å². The normalized spacial score (nSPS) is 17.5. The molecule has 1 aromatic carbocycles. The number of carbonyl (C=O) groups excluding carboxylic acids is 1. The largest absolute Gasteiger partial charge is 0.351 e. The molecule has 0 atom stereocenters. The molecule has 0 radical (unpaired) electrons. The molecular weight excluding hydrogens is 486 g/mol. The van der Waals surface area contributed by atoms with Crippen LogP contribution in [0.25, 0.3) is 26.1 Å². The second-order valence-corrected chi connectivity index (χ2v) is 11.3. The van der Waals surface area contributed by atoms with Crippen molar-refractivity contribution in [1.82, 2.24) is 29.5 Å². The van der Waals surface area contributed by atoms with E-state index in [0.717, 1.165) is 56.0 Å². The van der Waals surface area contributed by atoms with Crippen LogP contribution in [0.2, 0.25) is 0 Å². The molecule has 0 aliphatic carbocycles. The van der Waals surface area contributed by atoms with Crippen molar-refractivity contribution < 1.29 is 4.79 Å². The molecule has 194 valence electrons. The second-order valence-electron chi connectivity index (χ2n) is 10.2. The Morgan fingerprint density at radius 1 is 1.08 bits per heavy atom. The molecular formula is C27H33N7O2S. The standard InChI is InChI=1S/C27H33N7O2S/c1-18(2)32-13-15-33(16-14-32)27-29-17-19-23(35)22(25(36)28-9-12-31-10-5-6-11-31)26-34(24(19)30-27)20-7-3-4-8-21(20)37-26/h3-4,7-8,17-18H,5-6,9-16H2,1-2H3,(H,28,36). The number of amides is 1. The van der Waals surface area contributed by atoms with Crippen LogP contribution >= 0.6 is 11.3 Å². The summed E-state index contributed by atoms with van der Waals surface area (Å²) in [7, 11) is 0. The number of thiazole rings is 1. The number of carbonyl (C=O) groups is 1. The van der Waals surface area contributed by atoms with Crippen molar-refractivity contribution >= 4 is 49.3 Å². The average molecular weight is 520 g/mol. The van der Waals surface area contributed by atoms with E-state index in [9.17, 15) is 9.59 Å². The molecule has 1 N–H and O–H groups in total. The van der Waals surface area contributed by atoms with E-state index in [0.29, 0.717) is 34.4 Å². The predicted octanol–water partition coefficient (Wildman–Crippen LogP) is 2.81. The van der Waals surface area contributed by atoms with E-state index >= 15 is 0 Å². The lowest BCUT2D eigenvalue weighted by molar-refractivity contribution is 0.0950. The van der Waals surface area contributed by atoms with Crippen LogP contribution in [-0.2, 0) is 0 Å². The summed E-state index contributed by atoms with van der Waals surface area (Å²) in [6.45, 7) is 11.5. The first-order valence-corrected chi connectivity index (χ1v) is 14.1. The van der Waals surface area contributed by atoms with Gasteiger partial charge in [0.2, 0.25) is 11.4 Å². The van der Waals surface area contributed by atoms with Gasteiger partial charge in [0.05, 0.1) is 15.6 Å². The van der Waals surface area contributed by atoms with E-state index in [1.54, 1.807) is 6.20 Å². The van der Waals surface area contributed by atoms with Crippen LogP contribution < -0.4 is 15.6 Å². The molecule has 4 aromatic rings. The Hall–Kier alpha value is -3.08. The summed E-state index contributed by atoms with van der Waals surface area (Å²) >= 11 is 1.46. The number of anilines is 1. The Morgan fingerprint density at radius 3 is 2.59 bits per heavy atom. The Balaban J connectivity index is 1.41. The van der Waals surface area contributed by atoms with Crippen LogP contribution in [0.3, 0.4) is 0 Å². The summed E-state index contributed by atoms with van der Waals surface area (Å²) in [6.07, 6.45) is 4.02. The van der Waals surface area contributed by atoms with Crippen molar-refractivity contribution in [3.63, 3.8) is 0 Å². The zero-order valence-electron chi connectivity index (χ0n) is 21.4. The number of pyridine rings is 1. The number of hydrogen-bond acceptors (Lipinski definition) is 8. The van der Waals surface area contributed by atoms with Crippen molar-refractivity contribution in [2.45, 2.75) is 32.7 Å². The van der Waals surface area contributed by atoms with E-state index in [4.69, 9.17) is 4.98 Å². The highest BCUT2D eigenvalue weighted by molar-refractivity contribution is 7.24. The maximum Gasteiger partial charge on any atom is 0.258 e. The predicted molar refractivity (Wildman–Crippen MR) is 149 cm³/mol. The Kier molecular flexibility index (Phi) is 6.56. The SMILES string of the molecule is CC(C)N1CCN(c2ncc3c(=O)c(C(=O)NCCN4CCCC4)c4sc5ccccc5n4c3n2)CC1. The van der Waals surface area contributed by atoms with Crippen molar-refractivity contribution in [1.29, 1.82) is 0 Å². The number of likely N-dealkylation sites (tertiary alicyclic amines) is 1. The molecule has 1 amide bonds. The van der Waals surface area contributed by atoms with Crippen LogP contribution in [-0.4, -0.2) is 88.5 Å². The summed E-state index contributed by atoms with van der Waals surface area (Å²) in [5, 5.41) is 3.37. The lowest BCUT2D eigenvalue weighted by Crippen LogP contribution is -2.49. The average Bonchev–Trinajstić information content (AvgIpc) is 3.56. The van der Waals surface area contributed by atoms with Crippen LogP contribution in [0.1, 0.15) is 37.0 Å². The first-order valence-electron chi connectivity index (χ1n) is 13.2. The van der Waals surface area contributed by atoms with Gasteiger partial charge in [0.25, 0.3) is 5.91 Å². The van der Waals surface area contributed by atoms with E-state index in [2.05, 4.69) is 38.8 Å². The summed E-state index contributed by atoms with van der Waals surface area (Å²) in [5.41, 5.74) is 1.36. The minimum atomic E-state index is -0.330. The summed E-state index contributed by atoms with van der Waals surface area (Å²) in [6, 6.07) is 8.49. The van der Waals surface area contributed by atoms with Gasteiger partial charge in [-0.1, -0.05) is 12.1 Å². The number of piperazine rings is 1. The highest BCUT2D eigenvalue weighted by Crippen LogP contribution is 2.31. The van der Waals surface area contributed by atoms with Gasteiger partial charge >= 0.3 is 0 Å². The fourth-order valence-corrected chi connectivity index (χ4v) is 6.68. The summed E-state index contributed by atoms with van der Waals surface area (Å²) < 4.78 is 2.98. The van der Waals surface area contributed by atoms with E-state index in [1.807, 2.05) is 28.7 Å². The number of benzene rings is 1. The van der Waals surface area contributed by atoms with Gasteiger partial charge in [-0.15, -0.1) is 11.3 Å². The van der Waals surface area contributed by atoms with E-state index < -0.39 is 0 Å². The molecule has 10 heteroatoms. The second kappa shape index (κ2) is 10.00. The third kappa shape index (κ3) is 4.47. The molecule has 2 fully saturated rings. The first-order chi connectivity index (χ1) is 18.0. The Labute approximate surface area is 219 Å². The molecule has 37 heavy (non-hydrogen) atoms.